The second-order valence-electron chi connectivity index (χ2n) is 6.57. The van der Waals surface area contributed by atoms with Gasteiger partial charge in [-0.25, -0.2) is 0 Å². The maximum Gasteiger partial charge on any atom is 0.254 e. The number of ether oxygens (including phenoxy) is 2. The summed E-state index contributed by atoms with van der Waals surface area (Å²) in [6.45, 7) is 2.70. The lowest BCUT2D eigenvalue weighted by atomic mass is 10.00. The summed E-state index contributed by atoms with van der Waals surface area (Å²) >= 11 is 0. The van der Waals surface area contributed by atoms with E-state index in [2.05, 4.69) is 5.10 Å². The Hall–Kier alpha value is -2.18. The molecule has 25 heavy (non-hydrogen) atoms. The van der Waals surface area contributed by atoms with Gasteiger partial charge in [-0.05, 0) is 43.0 Å². The van der Waals surface area contributed by atoms with Crippen LogP contribution < -0.4 is 0 Å². The van der Waals surface area contributed by atoms with Crippen molar-refractivity contribution in [3.63, 3.8) is 0 Å². The summed E-state index contributed by atoms with van der Waals surface area (Å²) in [4.78, 5) is 14.9. The van der Waals surface area contributed by atoms with Crippen LogP contribution in [0.5, 0.6) is 0 Å². The third-order valence-electron chi connectivity index (χ3n) is 4.88. The molecule has 4 rings (SSSR count). The van der Waals surface area contributed by atoms with Crippen molar-refractivity contribution in [3.8, 4) is 0 Å². The Bertz CT molecular complexity index is 693. The second-order valence-corrected chi connectivity index (χ2v) is 6.57. The summed E-state index contributed by atoms with van der Waals surface area (Å²) < 4.78 is 13.2. The molecular weight excluding hydrogens is 318 g/mol. The molecule has 1 amide bonds. The Morgan fingerprint density at radius 1 is 1.16 bits per heavy atom. The lowest BCUT2D eigenvalue weighted by Gasteiger charge is -2.38. The maximum atomic E-state index is 13.0. The summed E-state index contributed by atoms with van der Waals surface area (Å²) in [7, 11) is 0. The van der Waals surface area contributed by atoms with Gasteiger partial charge in [0.15, 0.2) is 6.29 Å². The molecule has 0 radical (unpaired) electrons. The van der Waals surface area contributed by atoms with E-state index in [1.807, 2.05) is 46.1 Å². The zero-order chi connectivity index (χ0) is 17.1. The Labute approximate surface area is 147 Å². The largest absolute Gasteiger partial charge is 0.348 e. The number of rotatable bonds is 4. The maximum absolute atomic E-state index is 13.0. The van der Waals surface area contributed by atoms with Crippen molar-refractivity contribution in [1.29, 1.82) is 0 Å². The first-order valence-corrected chi connectivity index (χ1v) is 8.92. The molecule has 1 atom stereocenters. The Morgan fingerprint density at radius 2 is 1.96 bits per heavy atom. The number of hydrogen-bond acceptors (Lipinski definition) is 4. The number of aromatic nitrogens is 2. The van der Waals surface area contributed by atoms with Crippen molar-refractivity contribution in [3.05, 3.63) is 53.9 Å². The van der Waals surface area contributed by atoms with Crippen molar-refractivity contribution in [2.45, 2.75) is 38.1 Å². The van der Waals surface area contributed by atoms with Crippen LogP contribution in [0, 0.1) is 0 Å². The number of amides is 1. The van der Waals surface area contributed by atoms with Crippen LogP contribution in [0.2, 0.25) is 0 Å². The van der Waals surface area contributed by atoms with Crippen LogP contribution in [0.4, 0.5) is 0 Å². The molecular formula is C19H23N3O3. The van der Waals surface area contributed by atoms with Crippen LogP contribution in [0.3, 0.4) is 0 Å². The van der Waals surface area contributed by atoms with Gasteiger partial charge in [-0.1, -0.05) is 12.1 Å². The highest BCUT2D eigenvalue weighted by Crippen LogP contribution is 2.26. The van der Waals surface area contributed by atoms with Crippen LogP contribution >= 0.6 is 0 Å². The van der Waals surface area contributed by atoms with Gasteiger partial charge in [0, 0.05) is 24.5 Å². The number of carbonyl (C=O) groups excluding carboxylic acids is 1. The van der Waals surface area contributed by atoms with E-state index < -0.39 is 0 Å². The van der Waals surface area contributed by atoms with Crippen LogP contribution in [0.1, 0.15) is 35.2 Å². The fourth-order valence-electron chi connectivity index (χ4n) is 3.59. The molecule has 3 heterocycles. The monoisotopic (exact) mass is 341 g/mol. The van der Waals surface area contributed by atoms with Crippen LogP contribution in [-0.2, 0) is 16.0 Å². The van der Waals surface area contributed by atoms with Crippen molar-refractivity contribution >= 4 is 5.91 Å². The molecule has 0 saturated carbocycles. The zero-order valence-corrected chi connectivity index (χ0v) is 14.2. The smallest absolute Gasteiger partial charge is 0.254 e. The highest BCUT2D eigenvalue weighted by molar-refractivity contribution is 5.94. The molecule has 1 aromatic heterocycles. The molecule has 1 unspecified atom stereocenters. The molecule has 2 saturated heterocycles. The van der Waals surface area contributed by atoms with E-state index in [1.165, 1.54) is 0 Å². The molecule has 132 valence electrons. The minimum atomic E-state index is -0.275. The number of nitrogens with zero attached hydrogens (tertiary/aromatic N) is 3. The predicted octanol–water partition coefficient (Wildman–Crippen LogP) is 2.30. The van der Waals surface area contributed by atoms with Gasteiger partial charge in [-0.3, -0.25) is 9.48 Å². The Balaban J connectivity index is 1.47. The molecule has 2 aromatic rings. The summed E-state index contributed by atoms with van der Waals surface area (Å²) in [5.41, 5.74) is 1.84. The molecule has 2 fully saturated rings. The topological polar surface area (TPSA) is 56.6 Å². The Morgan fingerprint density at radius 3 is 2.68 bits per heavy atom. The highest BCUT2D eigenvalue weighted by atomic mass is 16.7. The van der Waals surface area contributed by atoms with Gasteiger partial charge >= 0.3 is 0 Å². The molecule has 0 bridgehead atoms. The number of benzene rings is 1. The molecule has 1 aromatic carbocycles. The van der Waals surface area contributed by atoms with E-state index in [9.17, 15) is 4.79 Å². The third kappa shape index (κ3) is 3.60. The summed E-state index contributed by atoms with van der Waals surface area (Å²) in [6.07, 6.45) is 6.50. The molecule has 0 spiro atoms. The normalized spacial score (nSPS) is 21.6. The summed E-state index contributed by atoms with van der Waals surface area (Å²) in [5.74, 6) is 0.0643. The lowest BCUT2D eigenvalue weighted by Crippen LogP contribution is -2.50. The lowest BCUT2D eigenvalue weighted by molar-refractivity contribution is -0.100. The number of hydrogen-bond donors (Lipinski definition) is 0. The first-order valence-electron chi connectivity index (χ1n) is 8.92. The van der Waals surface area contributed by atoms with Crippen molar-refractivity contribution in [2.24, 2.45) is 0 Å². The zero-order valence-electron chi connectivity index (χ0n) is 14.2. The molecule has 2 aliphatic heterocycles. The minimum absolute atomic E-state index is 0.0208. The predicted molar refractivity (Wildman–Crippen MR) is 92.1 cm³/mol. The number of carbonyl (C=O) groups is 1. The van der Waals surface area contributed by atoms with Gasteiger partial charge < -0.3 is 14.4 Å². The third-order valence-corrected chi connectivity index (χ3v) is 4.88. The van der Waals surface area contributed by atoms with E-state index in [0.29, 0.717) is 25.3 Å². The number of likely N-dealkylation sites (tertiary alicyclic amines) is 1. The van der Waals surface area contributed by atoms with E-state index in [0.717, 1.165) is 31.4 Å². The first kappa shape index (κ1) is 16.3. The SMILES string of the molecule is O=C(c1ccc(Cn2cccn2)cc1)N1CCCCC1C1OCCO1. The van der Waals surface area contributed by atoms with Gasteiger partial charge in [0.2, 0.25) is 0 Å². The highest BCUT2D eigenvalue weighted by Gasteiger charge is 2.36. The molecule has 6 heteroatoms. The van der Waals surface area contributed by atoms with Crippen molar-refractivity contribution in [1.82, 2.24) is 14.7 Å². The standard InChI is InChI=1S/C19H23N3O3/c23-18(22-11-2-1-4-17(22)19-24-12-13-25-19)16-7-5-15(6-8-16)14-21-10-3-9-20-21/h3,5-10,17,19H,1-2,4,11-14H2. The van der Waals surface area contributed by atoms with E-state index in [1.54, 1.807) is 6.20 Å². The van der Waals surface area contributed by atoms with Gasteiger partial charge in [0.1, 0.15) is 0 Å². The Kier molecular flexibility index (Phi) is 4.81. The molecule has 6 nitrogen and oxygen atoms in total. The number of piperidine rings is 1. The van der Waals surface area contributed by atoms with Crippen molar-refractivity contribution in [2.75, 3.05) is 19.8 Å². The van der Waals surface area contributed by atoms with Gasteiger partial charge in [-0.15, -0.1) is 0 Å². The first-order chi connectivity index (χ1) is 12.3. The molecule has 2 aliphatic rings. The van der Waals surface area contributed by atoms with E-state index in [-0.39, 0.29) is 18.2 Å². The van der Waals surface area contributed by atoms with Gasteiger partial charge in [0.25, 0.3) is 5.91 Å². The fourth-order valence-corrected chi connectivity index (χ4v) is 3.59. The summed E-state index contributed by atoms with van der Waals surface area (Å²) in [6, 6.07) is 9.73. The molecule has 0 N–H and O–H groups in total. The minimum Gasteiger partial charge on any atom is -0.348 e. The van der Waals surface area contributed by atoms with Crippen LogP contribution in [-0.4, -0.2) is 52.7 Å². The van der Waals surface area contributed by atoms with E-state index in [4.69, 9.17) is 9.47 Å². The van der Waals surface area contributed by atoms with Crippen molar-refractivity contribution < 1.29 is 14.3 Å². The summed E-state index contributed by atoms with van der Waals surface area (Å²) in [5, 5.41) is 4.21. The average molecular weight is 341 g/mol. The van der Waals surface area contributed by atoms with E-state index >= 15 is 0 Å². The van der Waals surface area contributed by atoms with Gasteiger partial charge in [-0.2, -0.15) is 5.10 Å². The molecule has 0 aliphatic carbocycles. The van der Waals surface area contributed by atoms with Crippen LogP contribution in [0.15, 0.2) is 42.7 Å². The average Bonchev–Trinajstić information content (AvgIpc) is 3.36. The second kappa shape index (κ2) is 7.37. The van der Waals surface area contributed by atoms with Crippen LogP contribution in [0.25, 0.3) is 0 Å². The fraction of sp³-hybridized carbons (Fsp3) is 0.474. The van der Waals surface area contributed by atoms with Gasteiger partial charge in [0.05, 0.1) is 25.8 Å². The quantitative estimate of drug-likeness (QED) is 0.856.